The number of hydrogen-bond donors (Lipinski definition) is 3. The maximum absolute atomic E-state index is 11.6. The average Bonchev–Trinajstić information content (AvgIpc) is 2.35. The quantitative estimate of drug-likeness (QED) is 0.734. The number of benzene rings is 1. The lowest BCUT2D eigenvalue weighted by molar-refractivity contribution is -0.156. The molecule has 1 rings (SSSR count). The summed E-state index contributed by atoms with van der Waals surface area (Å²) >= 11 is 3.39. The van der Waals surface area contributed by atoms with Crippen LogP contribution in [0.2, 0.25) is 0 Å². The van der Waals surface area contributed by atoms with Gasteiger partial charge in [-0.3, -0.25) is 4.79 Å². The normalized spacial score (nSPS) is 13.6. The Morgan fingerprint density at radius 1 is 1.37 bits per heavy atom. The molecule has 0 spiro atoms. The molecule has 0 fully saturated rings. The second-order valence-corrected chi connectivity index (χ2v) is 5.30. The molecule has 0 aliphatic rings. The number of nitrogens with one attached hydrogen (secondary N) is 1. The van der Waals surface area contributed by atoms with E-state index in [0.29, 0.717) is 6.42 Å². The Morgan fingerprint density at radius 2 is 2.00 bits per heavy atom. The van der Waals surface area contributed by atoms with Gasteiger partial charge in [0.15, 0.2) is 5.60 Å². The van der Waals surface area contributed by atoms with Crippen LogP contribution in [0.15, 0.2) is 28.7 Å². The maximum Gasteiger partial charge on any atom is 0.337 e. The van der Waals surface area contributed by atoms with E-state index in [4.69, 9.17) is 5.11 Å². The minimum atomic E-state index is -1.94. The van der Waals surface area contributed by atoms with Crippen LogP contribution in [0.5, 0.6) is 0 Å². The second kappa shape index (κ2) is 6.68. The van der Waals surface area contributed by atoms with Crippen molar-refractivity contribution in [3.05, 3.63) is 34.3 Å². The van der Waals surface area contributed by atoms with E-state index in [0.717, 1.165) is 17.0 Å². The molecule has 0 bridgehead atoms. The van der Waals surface area contributed by atoms with E-state index in [1.807, 2.05) is 24.3 Å². The van der Waals surface area contributed by atoms with Crippen molar-refractivity contribution in [2.45, 2.75) is 25.4 Å². The lowest BCUT2D eigenvalue weighted by Gasteiger charge is -2.18. The predicted octanol–water partition coefficient (Wildman–Crippen LogP) is 1.33. The van der Waals surface area contributed by atoms with Crippen molar-refractivity contribution >= 4 is 27.8 Å². The first-order valence-corrected chi connectivity index (χ1v) is 6.58. The number of carboxylic acids is 1. The van der Waals surface area contributed by atoms with Crippen LogP contribution in [0.3, 0.4) is 0 Å². The molecule has 0 aliphatic carbocycles. The summed E-state index contributed by atoms with van der Waals surface area (Å²) < 4.78 is 0.931. The fraction of sp³-hybridized carbons (Fsp3) is 0.385. The number of halogens is 1. The summed E-state index contributed by atoms with van der Waals surface area (Å²) in [5, 5.41) is 20.5. The Labute approximate surface area is 119 Å². The van der Waals surface area contributed by atoms with E-state index in [1.165, 1.54) is 0 Å². The smallest absolute Gasteiger partial charge is 0.337 e. The summed E-state index contributed by atoms with van der Waals surface area (Å²) in [6.45, 7) is 0.834. The zero-order chi connectivity index (χ0) is 14.5. The van der Waals surface area contributed by atoms with Gasteiger partial charge in [-0.05, 0) is 25.0 Å². The molecule has 0 heterocycles. The fourth-order valence-corrected chi connectivity index (χ4v) is 1.87. The lowest BCUT2D eigenvalue weighted by atomic mass is 10.1. The molecule has 6 heteroatoms. The molecule has 0 aromatic heterocycles. The maximum atomic E-state index is 11.6. The molecule has 0 saturated heterocycles. The molecular weight excluding hydrogens is 314 g/mol. The molecule has 104 valence electrons. The highest BCUT2D eigenvalue weighted by Gasteiger charge is 2.30. The molecule has 19 heavy (non-hydrogen) atoms. The number of aliphatic carboxylic acids is 1. The molecule has 0 radical (unpaired) electrons. The number of aryl methyl sites for hydroxylation is 1. The van der Waals surface area contributed by atoms with Crippen molar-refractivity contribution < 1.29 is 19.8 Å². The van der Waals surface area contributed by atoms with E-state index in [1.54, 1.807) is 0 Å². The summed E-state index contributed by atoms with van der Waals surface area (Å²) in [4.78, 5) is 22.2. The number of carbonyl (C=O) groups excluding carboxylic acids is 1. The van der Waals surface area contributed by atoms with Gasteiger partial charge in [-0.15, -0.1) is 0 Å². The third-order valence-electron chi connectivity index (χ3n) is 2.67. The van der Waals surface area contributed by atoms with Crippen molar-refractivity contribution in [1.82, 2.24) is 5.32 Å². The molecule has 0 saturated carbocycles. The summed E-state index contributed by atoms with van der Waals surface area (Å²) in [6, 6.07) is 7.57. The number of rotatable bonds is 6. The third kappa shape index (κ3) is 5.00. The van der Waals surface area contributed by atoms with Gasteiger partial charge in [-0.2, -0.15) is 0 Å². The molecule has 0 aliphatic heterocycles. The van der Waals surface area contributed by atoms with Gasteiger partial charge in [0.1, 0.15) is 0 Å². The van der Waals surface area contributed by atoms with Crippen molar-refractivity contribution in [2.75, 3.05) is 6.54 Å². The third-order valence-corrected chi connectivity index (χ3v) is 3.44. The van der Waals surface area contributed by atoms with Crippen LogP contribution in [-0.4, -0.2) is 34.2 Å². The average molecular weight is 330 g/mol. The van der Waals surface area contributed by atoms with E-state index in [-0.39, 0.29) is 18.9 Å². The number of aliphatic hydroxyl groups is 1. The van der Waals surface area contributed by atoms with E-state index < -0.39 is 11.6 Å². The number of carbonyl (C=O) groups is 2. The Kier molecular flexibility index (Phi) is 5.50. The van der Waals surface area contributed by atoms with Gasteiger partial charge in [0.2, 0.25) is 5.91 Å². The van der Waals surface area contributed by atoms with Crippen LogP contribution in [-0.2, 0) is 16.0 Å². The standard InChI is InChI=1S/C13H16BrNO4/c1-13(19,12(17)18)8-15-11(16)7-6-9-4-2-3-5-10(9)14/h2-5,19H,6-8H2,1H3,(H,15,16)(H,17,18). The van der Waals surface area contributed by atoms with Crippen molar-refractivity contribution in [3.63, 3.8) is 0 Å². The van der Waals surface area contributed by atoms with Gasteiger partial charge in [0.05, 0.1) is 6.54 Å². The minimum Gasteiger partial charge on any atom is -0.479 e. The van der Waals surface area contributed by atoms with Gasteiger partial charge in [-0.1, -0.05) is 34.1 Å². The van der Waals surface area contributed by atoms with Crippen molar-refractivity contribution in [1.29, 1.82) is 0 Å². The van der Waals surface area contributed by atoms with Crippen LogP contribution in [0.1, 0.15) is 18.9 Å². The first-order valence-electron chi connectivity index (χ1n) is 5.79. The Balaban J connectivity index is 2.41. The van der Waals surface area contributed by atoms with Crippen LogP contribution in [0.25, 0.3) is 0 Å². The molecule has 1 amide bonds. The Bertz CT molecular complexity index is 473. The number of amides is 1. The Hall–Kier alpha value is -1.40. The van der Waals surface area contributed by atoms with Gasteiger partial charge in [0.25, 0.3) is 0 Å². The van der Waals surface area contributed by atoms with Crippen LogP contribution in [0.4, 0.5) is 0 Å². The second-order valence-electron chi connectivity index (χ2n) is 4.45. The highest BCUT2D eigenvalue weighted by atomic mass is 79.9. The molecular formula is C13H16BrNO4. The zero-order valence-electron chi connectivity index (χ0n) is 10.5. The first kappa shape index (κ1) is 15.7. The van der Waals surface area contributed by atoms with Gasteiger partial charge in [0, 0.05) is 10.9 Å². The first-order chi connectivity index (χ1) is 8.83. The highest BCUT2D eigenvalue weighted by molar-refractivity contribution is 9.10. The molecule has 1 atom stereocenters. The van der Waals surface area contributed by atoms with Crippen LogP contribution < -0.4 is 5.32 Å². The zero-order valence-corrected chi connectivity index (χ0v) is 12.1. The summed E-state index contributed by atoms with van der Waals surface area (Å²) in [5.74, 6) is -1.66. The lowest BCUT2D eigenvalue weighted by Crippen LogP contribution is -2.46. The molecule has 1 aromatic carbocycles. The Morgan fingerprint density at radius 3 is 2.58 bits per heavy atom. The molecule has 5 nitrogen and oxygen atoms in total. The predicted molar refractivity (Wildman–Crippen MR) is 73.7 cm³/mol. The van der Waals surface area contributed by atoms with Gasteiger partial charge >= 0.3 is 5.97 Å². The summed E-state index contributed by atoms with van der Waals surface area (Å²) in [7, 11) is 0. The molecule has 1 aromatic rings. The number of hydrogen-bond acceptors (Lipinski definition) is 3. The van der Waals surface area contributed by atoms with Gasteiger partial charge < -0.3 is 15.5 Å². The van der Waals surface area contributed by atoms with Crippen molar-refractivity contribution in [2.24, 2.45) is 0 Å². The number of carboxylic acid groups (broad SMARTS) is 1. The minimum absolute atomic E-state index is 0.234. The molecule has 3 N–H and O–H groups in total. The molecule has 1 unspecified atom stereocenters. The monoisotopic (exact) mass is 329 g/mol. The van der Waals surface area contributed by atoms with Crippen LogP contribution >= 0.6 is 15.9 Å². The largest absolute Gasteiger partial charge is 0.479 e. The SMILES string of the molecule is CC(O)(CNC(=O)CCc1ccccc1Br)C(=O)O. The van der Waals surface area contributed by atoms with Gasteiger partial charge in [-0.25, -0.2) is 4.79 Å². The fourth-order valence-electron chi connectivity index (χ4n) is 1.38. The summed E-state index contributed by atoms with van der Waals surface area (Å²) in [5.41, 5.74) is -0.939. The van der Waals surface area contributed by atoms with Crippen molar-refractivity contribution in [3.8, 4) is 0 Å². The highest BCUT2D eigenvalue weighted by Crippen LogP contribution is 2.17. The van der Waals surface area contributed by atoms with Crippen LogP contribution in [0, 0.1) is 0 Å². The summed E-state index contributed by atoms with van der Waals surface area (Å²) in [6.07, 6.45) is 0.779. The topological polar surface area (TPSA) is 86.6 Å². The van der Waals surface area contributed by atoms with E-state index in [9.17, 15) is 14.7 Å². The van der Waals surface area contributed by atoms with E-state index >= 15 is 0 Å². The van der Waals surface area contributed by atoms with E-state index in [2.05, 4.69) is 21.2 Å².